The summed E-state index contributed by atoms with van der Waals surface area (Å²) < 4.78 is 0. The number of nitrogen functional groups attached to an aromatic ring is 1. The number of aromatic nitrogens is 2. The Morgan fingerprint density at radius 2 is 2.35 bits per heavy atom. The monoisotopic (exact) mass is 274 g/mol. The molecule has 108 valence electrons. The van der Waals surface area contributed by atoms with Crippen molar-refractivity contribution in [1.29, 1.82) is 0 Å². The van der Waals surface area contributed by atoms with Crippen LogP contribution in [0.1, 0.15) is 25.1 Å². The van der Waals surface area contributed by atoms with E-state index in [1.807, 2.05) is 18.2 Å². The highest BCUT2D eigenvalue weighted by Gasteiger charge is 2.20. The number of aliphatic hydroxyl groups excluding tert-OH is 1. The molecular weight excluding hydrogens is 252 g/mol. The predicted octanol–water partition coefficient (Wildman–Crippen LogP) is 1.74. The summed E-state index contributed by atoms with van der Waals surface area (Å²) in [6.45, 7) is 3.31. The highest BCUT2D eigenvalue weighted by atomic mass is 16.3. The summed E-state index contributed by atoms with van der Waals surface area (Å²) in [5.41, 5.74) is 8.52. The maximum absolute atomic E-state index is 9.07. The minimum atomic E-state index is 0.294. The van der Waals surface area contributed by atoms with E-state index in [9.17, 15) is 0 Å². The average molecular weight is 274 g/mol. The zero-order valence-corrected chi connectivity index (χ0v) is 11.7. The first kappa shape index (κ1) is 13.4. The number of benzene rings is 1. The van der Waals surface area contributed by atoms with Crippen LogP contribution < -0.4 is 5.73 Å². The standard InChI is InChI=1S/C15H22N4O/c16-12-3-4-13-14(8-12)18-15(17-13)10-19-6-1-2-11(9-19)5-7-20/h3-4,8,11,20H,1-2,5-7,9-10,16H2,(H,17,18). The molecule has 1 fully saturated rings. The number of rotatable bonds is 4. The number of aromatic amines is 1. The van der Waals surface area contributed by atoms with Crippen molar-refractivity contribution in [2.75, 3.05) is 25.4 Å². The maximum Gasteiger partial charge on any atom is 0.121 e. The molecule has 2 heterocycles. The van der Waals surface area contributed by atoms with Crippen LogP contribution >= 0.6 is 0 Å². The summed E-state index contributed by atoms with van der Waals surface area (Å²) in [5, 5.41) is 9.07. The second-order valence-corrected chi connectivity index (χ2v) is 5.72. The van der Waals surface area contributed by atoms with Crippen molar-refractivity contribution in [3.63, 3.8) is 0 Å². The van der Waals surface area contributed by atoms with Crippen molar-refractivity contribution < 1.29 is 5.11 Å². The van der Waals surface area contributed by atoms with Gasteiger partial charge in [-0.1, -0.05) is 0 Å². The van der Waals surface area contributed by atoms with Gasteiger partial charge < -0.3 is 15.8 Å². The molecule has 1 unspecified atom stereocenters. The van der Waals surface area contributed by atoms with Gasteiger partial charge in [0.2, 0.25) is 0 Å². The minimum Gasteiger partial charge on any atom is -0.399 e. The van der Waals surface area contributed by atoms with Gasteiger partial charge in [-0.15, -0.1) is 0 Å². The third-order valence-electron chi connectivity index (χ3n) is 4.07. The van der Waals surface area contributed by atoms with Crippen molar-refractivity contribution in [2.24, 2.45) is 5.92 Å². The van der Waals surface area contributed by atoms with Crippen LogP contribution in [0.2, 0.25) is 0 Å². The van der Waals surface area contributed by atoms with Gasteiger partial charge in [0.15, 0.2) is 0 Å². The van der Waals surface area contributed by atoms with Crippen LogP contribution in [0, 0.1) is 5.92 Å². The normalized spacial score (nSPS) is 20.6. The minimum absolute atomic E-state index is 0.294. The van der Waals surface area contributed by atoms with E-state index in [1.54, 1.807) is 0 Å². The lowest BCUT2D eigenvalue weighted by atomic mass is 9.95. The Labute approximate surface area is 118 Å². The number of imidazole rings is 1. The molecule has 1 aromatic carbocycles. The Morgan fingerprint density at radius 3 is 3.20 bits per heavy atom. The van der Waals surface area contributed by atoms with Gasteiger partial charge in [0.25, 0.3) is 0 Å². The first-order chi connectivity index (χ1) is 9.74. The lowest BCUT2D eigenvalue weighted by Crippen LogP contribution is -2.35. The largest absolute Gasteiger partial charge is 0.399 e. The SMILES string of the molecule is Nc1ccc2nc(CN3CCCC(CCO)C3)[nH]c2c1. The molecule has 2 aromatic rings. The van der Waals surface area contributed by atoms with Gasteiger partial charge in [-0.2, -0.15) is 0 Å². The van der Waals surface area contributed by atoms with Gasteiger partial charge in [0, 0.05) is 18.8 Å². The van der Waals surface area contributed by atoms with E-state index in [2.05, 4.69) is 14.9 Å². The highest BCUT2D eigenvalue weighted by Crippen LogP contribution is 2.21. The topological polar surface area (TPSA) is 78.2 Å². The third kappa shape index (κ3) is 2.94. The second kappa shape index (κ2) is 5.81. The maximum atomic E-state index is 9.07. The molecule has 0 spiro atoms. The molecule has 0 radical (unpaired) electrons. The van der Waals surface area contributed by atoms with Crippen LogP contribution in [-0.2, 0) is 6.54 Å². The summed E-state index contributed by atoms with van der Waals surface area (Å²) in [6.07, 6.45) is 3.35. The summed E-state index contributed by atoms with van der Waals surface area (Å²) in [4.78, 5) is 10.4. The predicted molar refractivity (Wildman–Crippen MR) is 80.2 cm³/mol. The number of hydrogen-bond donors (Lipinski definition) is 3. The van der Waals surface area contributed by atoms with Crippen LogP contribution in [0.4, 0.5) is 5.69 Å². The Kier molecular flexibility index (Phi) is 3.89. The van der Waals surface area contributed by atoms with Crippen LogP contribution in [0.25, 0.3) is 11.0 Å². The van der Waals surface area contributed by atoms with Crippen LogP contribution in [-0.4, -0.2) is 39.7 Å². The Balaban J connectivity index is 1.69. The van der Waals surface area contributed by atoms with Gasteiger partial charge in [-0.3, -0.25) is 4.90 Å². The second-order valence-electron chi connectivity index (χ2n) is 5.72. The first-order valence-corrected chi connectivity index (χ1v) is 7.32. The summed E-state index contributed by atoms with van der Waals surface area (Å²) in [7, 11) is 0. The smallest absolute Gasteiger partial charge is 0.121 e. The van der Waals surface area contributed by atoms with E-state index in [-0.39, 0.29) is 0 Å². The van der Waals surface area contributed by atoms with Crippen LogP contribution in [0.3, 0.4) is 0 Å². The number of nitrogens with zero attached hydrogens (tertiary/aromatic N) is 2. The molecule has 4 N–H and O–H groups in total. The number of aliphatic hydroxyl groups is 1. The number of likely N-dealkylation sites (tertiary alicyclic amines) is 1. The lowest BCUT2D eigenvalue weighted by Gasteiger charge is -2.31. The van der Waals surface area contributed by atoms with E-state index < -0.39 is 0 Å². The molecule has 0 bridgehead atoms. The molecule has 5 nitrogen and oxygen atoms in total. The lowest BCUT2D eigenvalue weighted by molar-refractivity contribution is 0.140. The zero-order chi connectivity index (χ0) is 13.9. The quantitative estimate of drug-likeness (QED) is 0.742. The van der Waals surface area contributed by atoms with E-state index in [0.29, 0.717) is 12.5 Å². The zero-order valence-electron chi connectivity index (χ0n) is 11.7. The molecule has 1 aliphatic heterocycles. The Bertz CT molecular complexity index is 578. The Morgan fingerprint density at radius 1 is 1.45 bits per heavy atom. The van der Waals surface area contributed by atoms with Crippen molar-refractivity contribution >= 4 is 16.7 Å². The fourth-order valence-electron chi connectivity index (χ4n) is 3.08. The third-order valence-corrected chi connectivity index (χ3v) is 4.07. The fraction of sp³-hybridized carbons (Fsp3) is 0.533. The van der Waals surface area contributed by atoms with Gasteiger partial charge >= 0.3 is 0 Å². The van der Waals surface area contributed by atoms with Crippen molar-refractivity contribution in [3.05, 3.63) is 24.0 Å². The van der Waals surface area contributed by atoms with Gasteiger partial charge in [0.1, 0.15) is 5.82 Å². The summed E-state index contributed by atoms with van der Waals surface area (Å²) >= 11 is 0. The van der Waals surface area contributed by atoms with E-state index >= 15 is 0 Å². The molecule has 1 aliphatic rings. The van der Waals surface area contributed by atoms with Gasteiger partial charge in [-0.05, 0) is 49.9 Å². The van der Waals surface area contributed by atoms with E-state index in [1.165, 1.54) is 12.8 Å². The van der Waals surface area contributed by atoms with Crippen molar-refractivity contribution in [3.8, 4) is 0 Å². The molecule has 0 saturated carbocycles. The molecule has 5 heteroatoms. The number of anilines is 1. The van der Waals surface area contributed by atoms with Crippen molar-refractivity contribution in [1.82, 2.24) is 14.9 Å². The number of nitrogens with one attached hydrogen (secondary N) is 1. The molecule has 20 heavy (non-hydrogen) atoms. The molecular formula is C15H22N4O. The first-order valence-electron chi connectivity index (χ1n) is 7.32. The van der Waals surface area contributed by atoms with E-state index in [0.717, 1.165) is 48.6 Å². The number of hydrogen-bond acceptors (Lipinski definition) is 4. The number of piperidine rings is 1. The average Bonchev–Trinajstić information content (AvgIpc) is 2.81. The number of H-pyrrole nitrogens is 1. The van der Waals surface area contributed by atoms with E-state index in [4.69, 9.17) is 10.8 Å². The molecule has 1 atom stereocenters. The summed E-state index contributed by atoms with van der Waals surface area (Å²) in [5.74, 6) is 1.61. The van der Waals surface area contributed by atoms with Gasteiger partial charge in [0.05, 0.1) is 17.6 Å². The number of nitrogens with two attached hydrogens (primary N) is 1. The molecule has 3 rings (SSSR count). The van der Waals surface area contributed by atoms with Crippen LogP contribution in [0.15, 0.2) is 18.2 Å². The molecule has 0 aliphatic carbocycles. The number of fused-ring (bicyclic) bond motifs is 1. The highest BCUT2D eigenvalue weighted by molar-refractivity contribution is 5.78. The molecule has 1 aromatic heterocycles. The van der Waals surface area contributed by atoms with Crippen LogP contribution in [0.5, 0.6) is 0 Å². The molecule has 1 saturated heterocycles. The van der Waals surface area contributed by atoms with Crippen molar-refractivity contribution in [2.45, 2.75) is 25.8 Å². The molecule has 0 amide bonds. The fourth-order valence-corrected chi connectivity index (χ4v) is 3.08. The summed E-state index contributed by atoms with van der Waals surface area (Å²) in [6, 6.07) is 5.76. The van der Waals surface area contributed by atoms with Gasteiger partial charge in [-0.25, -0.2) is 4.98 Å². The Hall–Kier alpha value is -1.59.